The first-order valence-electron chi connectivity index (χ1n) is 7.97. The number of rotatable bonds is 5. The Labute approximate surface area is 149 Å². The highest BCUT2D eigenvalue weighted by atomic mass is 32.1. The van der Waals surface area contributed by atoms with Crippen LogP contribution in [0, 0.1) is 0 Å². The lowest BCUT2D eigenvalue weighted by molar-refractivity contribution is 0.0594. The minimum atomic E-state index is 0.0211. The zero-order chi connectivity index (χ0) is 17.1. The molecule has 1 saturated heterocycles. The van der Waals surface area contributed by atoms with Gasteiger partial charge in [-0.2, -0.15) is 0 Å². The van der Waals surface area contributed by atoms with Gasteiger partial charge in [0.05, 0.1) is 30.1 Å². The van der Waals surface area contributed by atoms with E-state index >= 15 is 0 Å². The zero-order valence-electron chi connectivity index (χ0n) is 13.4. The van der Waals surface area contributed by atoms with Gasteiger partial charge in [0.1, 0.15) is 12.4 Å². The lowest BCUT2D eigenvalue weighted by Gasteiger charge is -2.38. The third kappa shape index (κ3) is 3.51. The quantitative estimate of drug-likeness (QED) is 0.706. The molecule has 0 bridgehead atoms. The summed E-state index contributed by atoms with van der Waals surface area (Å²) in [6.07, 6.45) is 4.99. The van der Waals surface area contributed by atoms with Crippen molar-refractivity contribution in [2.24, 2.45) is 0 Å². The fraction of sp³-hybridized carbons (Fsp3) is 0.222. The summed E-state index contributed by atoms with van der Waals surface area (Å²) >= 11 is 1.29. The summed E-state index contributed by atoms with van der Waals surface area (Å²) in [5, 5.41) is 1.77. The molecule has 7 heteroatoms. The number of aromatic nitrogens is 3. The normalized spacial score (nSPS) is 14.2. The van der Waals surface area contributed by atoms with Crippen LogP contribution in [0.1, 0.15) is 27.7 Å². The standard InChI is InChI=1S/C18H16N4O2S/c23-18(14-6-21-25-12-14)22-9-15(10-22)17-19-7-16(8-20-17)24-11-13-4-2-1-3-5-13/h1-8,12,15H,9-11H2. The molecule has 1 fully saturated rings. The van der Waals surface area contributed by atoms with E-state index in [2.05, 4.69) is 14.3 Å². The minimum Gasteiger partial charge on any atom is -0.486 e. The molecule has 2 aromatic heterocycles. The van der Waals surface area contributed by atoms with Gasteiger partial charge in [-0.3, -0.25) is 4.79 Å². The van der Waals surface area contributed by atoms with Crippen molar-refractivity contribution >= 4 is 17.4 Å². The Hall–Kier alpha value is -2.80. The number of hydrogen-bond acceptors (Lipinski definition) is 6. The number of hydrogen-bond donors (Lipinski definition) is 0. The van der Waals surface area contributed by atoms with Crippen LogP contribution in [0.3, 0.4) is 0 Å². The van der Waals surface area contributed by atoms with Gasteiger partial charge in [-0.05, 0) is 17.1 Å². The Kier molecular flexibility index (Phi) is 4.39. The molecule has 0 N–H and O–H groups in total. The Morgan fingerprint density at radius 2 is 1.92 bits per heavy atom. The summed E-state index contributed by atoms with van der Waals surface area (Å²) in [5.41, 5.74) is 1.75. The molecule has 0 unspecified atom stereocenters. The maximum Gasteiger partial charge on any atom is 0.256 e. The third-order valence-corrected chi connectivity index (χ3v) is 4.70. The maximum absolute atomic E-state index is 12.2. The summed E-state index contributed by atoms with van der Waals surface area (Å²) in [4.78, 5) is 22.7. The SMILES string of the molecule is O=C(c1cnsc1)N1CC(c2ncc(OCc3ccccc3)cn2)C1. The summed E-state index contributed by atoms with van der Waals surface area (Å²) < 4.78 is 9.66. The van der Waals surface area contributed by atoms with E-state index in [1.807, 2.05) is 30.3 Å². The van der Waals surface area contributed by atoms with Gasteiger partial charge in [0.2, 0.25) is 0 Å². The van der Waals surface area contributed by atoms with Crippen molar-refractivity contribution in [3.05, 3.63) is 71.3 Å². The number of benzene rings is 1. The van der Waals surface area contributed by atoms with Gasteiger partial charge in [-0.1, -0.05) is 30.3 Å². The van der Waals surface area contributed by atoms with Gasteiger partial charge >= 0.3 is 0 Å². The van der Waals surface area contributed by atoms with E-state index in [0.717, 1.165) is 11.4 Å². The highest BCUT2D eigenvalue weighted by molar-refractivity contribution is 7.03. The van der Waals surface area contributed by atoms with E-state index in [-0.39, 0.29) is 11.8 Å². The number of amides is 1. The number of carbonyl (C=O) groups is 1. The van der Waals surface area contributed by atoms with Crippen LogP contribution in [0.15, 0.2) is 54.3 Å². The average molecular weight is 352 g/mol. The van der Waals surface area contributed by atoms with Gasteiger partial charge in [0.15, 0.2) is 5.75 Å². The van der Waals surface area contributed by atoms with Crippen molar-refractivity contribution in [1.29, 1.82) is 0 Å². The molecule has 126 valence electrons. The first-order chi connectivity index (χ1) is 12.3. The third-order valence-electron chi connectivity index (χ3n) is 4.11. The van der Waals surface area contributed by atoms with Crippen molar-refractivity contribution in [1.82, 2.24) is 19.2 Å². The molecule has 0 atom stereocenters. The molecule has 1 aliphatic rings. The number of ether oxygens (including phenoxy) is 1. The van der Waals surface area contributed by atoms with E-state index in [4.69, 9.17) is 4.74 Å². The largest absolute Gasteiger partial charge is 0.486 e. The molecule has 4 rings (SSSR count). The van der Waals surface area contributed by atoms with Crippen LogP contribution in [0.4, 0.5) is 0 Å². The second-order valence-electron chi connectivity index (χ2n) is 5.87. The van der Waals surface area contributed by atoms with Crippen LogP contribution in [0.5, 0.6) is 5.75 Å². The van der Waals surface area contributed by atoms with Crippen molar-refractivity contribution in [2.75, 3.05) is 13.1 Å². The highest BCUT2D eigenvalue weighted by Gasteiger charge is 2.34. The fourth-order valence-electron chi connectivity index (χ4n) is 2.65. The first kappa shape index (κ1) is 15.7. The van der Waals surface area contributed by atoms with Crippen molar-refractivity contribution in [3.63, 3.8) is 0 Å². The zero-order valence-corrected chi connectivity index (χ0v) is 14.2. The number of carbonyl (C=O) groups excluding carboxylic acids is 1. The summed E-state index contributed by atoms with van der Waals surface area (Å²) in [6, 6.07) is 9.96. The predicted molar refractivity (Wildman–Crippen MR) is 93.6 cm³/mol. The average Bonchev–Trinajstić information content (AvgIpc) is 3.15. The summed E-state index contributed by atoms with van der Waals surface area (Å²) in [6.45, 7) is 1.77. The van der Waals surface area contributed by atoms with Gasteiger partial charge < -0.3 is 9.64 Å². The topological polar surface area (TPSA) is 68.2 Å². The molecule has 1 aliphatic heterocycles. The Morgan fingerprint density at radius 1 is 1.16 bits per heavy atom. The first-order valence-corrected chi connectivity index (χ1v) is 8.80. The van der Waals surface area contributed by atoms with Crippen LogP contribution < -0.4 is 4.74 Å². The fourth-order valence-corrected chi connectivity index (χ4v) is 3.16. The lowest BCUT2D eigenvalue weighted by Crippen LogP contribution is -2.48. The van der Waals surface area contributed by atoms with Gasteiger partial charge in [0, 0.05) is 18.5 Å². The molecule has 25 heavy (non-hydrogen) atoms. The monoisotopic (exact) mass is 352 g/mol. The smallest absolute Gasteiger partial charge is 0.256 e. The molecule has 0 spiro atoms. The molecule has 0 saturated carbocycles. The summed E-state index contributed by atoms with van der Waals surface area (Å²) in [7, 11) is 0. The van der Waals surface area contributed by atoms with Crippen LogP contribution in [-0.2, 0) is 6.61 Å². The van der Waals surface area contributed by atoms with Crippen LogP contribution in [0.2, 0.25) is 0 Å². The van der Waals surface area contributed by atoms with Crippen LogP contribution in [-0.4, -0.2) is 38.2 Å². The maximum atomic E-state index is 12.2. The summed E-state index contributed by atoms with van der Waals surface area (Å²) in [5.74, 6) is 1.59. The van der Waals surface area contributed by atoms with Gasteiger partial charge in [0.25, 0.3) is 5.91 Å². The molecule has 1 amide bonds. The molecular formula is C18H16N4O2S. The Balaban J connectivity index is 1.30. The van der Waals surface area contributed by atoms with Gasteiger partial charge in [-0.25, -0.2) is 14.3 Å². The second kappa shape index (κ2) is 6.98. The van der Waals surface area contributed by atoms with Crippen LogP contribution in [0.25, 0.3) is 0 Å². The molecule has 3 heterocycles. The minimum absolute atomic E-state index is 0.0211. The van der Waals surface area contributed by atoms with E-state index in [1.54, 1.807) is 28.9 Å². The van der Waals surface area contributed by atoms with Crippen molar-refractivity contribution in [3.8, 4) is 5.75 Å². The molecular weight excluding hydrogens is 336 g/mol. The van der Waals surface area contributed by atoms with Gasteiger partial charge in [-0.15, -0.1) is 0 Å². The lowest BCUT2D eigenvalue weighted by atomic mass is 9.98. The molecule has 0 aliphatic carbocycles. The molecule has 0 radical (unpaired) electrons. The van der Waals surface area contributed by atoms with E-state index in [1.165, 1.54) is 11.5 Å². The Bertz CT molecular complexity index is 831. The number of nitrogens with zero attached hydrogens (tertiary/aromatic N) is 4. The van der Waals surface area contributed by atoms with E-state index < -0.39 is 0 Å². The molecule has 6 nitrogen and oxygen atoms in total. The Morgan fingerprint density at radius 3 is 2.60 bits per heavy atom. The predicted octanol–water partition coefficient (Wildman–Crippen LogP) is 2.75. The molecule has 3 aromatic rings. The second-order valence-corrected chi connectivity index (χ2v) is 6.53. The van der Waals surface area contributed by atoms with E-state index in [9.17, 15) is 4.79 Å². The van der Waals surface area contributed by atoms with Crippen molar-refractivity contribution in [2.45, 2.75) is 12.5 Å². The number of likely N-dealkylation sites (tertiary alicyclic amines) is 1. The van der Waals surface area contributed by atoms with E-state index in [0.29, 0.717) is 31.0 Å². The highest BCUT2D eigenvalue weighted by Crippen LogP contribution is 2.26. The van der Waals surface area contributed by atoms with Crippen LogP contribution >= 0.6 is 11.5 Å². The molecule has 1 aromatic carbocycles. The van der Waals surface area contributed by atoms with Crippen molar-refractivity contribution < 1.29 is 9.53 Å².